The van der Waals surface area contributed by atoms with Crippen LogP contribution in [0, 0.1) is 0 Å². The third-order valence-corrected chi connectivity index (χ3v) is 1.47. The Labute approximate surface area is 65.0 Å². The summed E-state index contributed by atoms with van der Waals surface area (Å²) in [7, 11) is 3.24. The second-order valence-corrected chi connectivity index (χ2v) is 2.56. The molecule has 0 aromatic carbocycles. The highest BCUT2D eigenvalue weighted by molar-refractivity contribution is 5.94. The number of hydrogen-bond donors (Lipinski definition) is 1. The first-order valence-corrected chi connectivity index (χ1v) is 3.39. The number of hydrogen-bond acceptors (Lipinski definition) is 2. The molecule has 62 valence electrons. The third-order valence-electron chi connectivity index (χ3n) is 1.47. The standard InChI is InChI=1S/C6H11N3O2/c1-8(2)6(11)9-4-3-7-5(9)10/h3-4H2,1-2H3,(H,7,10). The predicted molar refractivity (Wildman–Crippen MR) is 39.2 cm³/mol. The topological polar surface area (TPSA) is 52.7 Å². The summed E-state index contributed by atoms with van der Waals surface area (Å²) in [5.41, 5.74) is 0. The molecular weight excluding hydrogens is 146 g/mol. The van der Waals surface area contributed by atoms with Crippen molar-refractivity contribution in [2.24, 2.45) is 0 Å². The van der Waals surface area contributed by atoms with Gasteiger partial charge in [-0.2, -0.15) is 0 Å². The van der Waals surface area contributed by atoms with Crippen LogP contribution in [-0.4, -0.2) is 49.0 Å². The normalized spacial score (nSPS) is 16.5. The maximum atomic E-state index is 11.1. The van der Waals surface area contributed by atoms with Gasteiger partial charge in [-0.25, -0.2) is 14.5 Å². The Morgan fingerprint density at radius 2 is 2.27 bits per heavy atom. The highest BCUT2D eigenvalue weighted by atomic mass is 16.2. The lowest BCUT2D eigenvalue weighted by Gasteiger charge is -2.17. The van der Waals surface area contributed by atoms with Crippen LogP contribution in [0.15, 0.2) is 0 Å². The van der Waals surface area contributed by atoms with E-state index in [1.54, 1.807) is 14.1 Å². The zero-order chi connectivity index (χ0) is 8.43. The Hall–Kier alpha value is -1.26. The minimum Gasteiger partial charge on any atom is -0.336 e. The monoisotopic (exact) mass is 157 g/mol. The molecule has 4 amide bonds. The Balaban J connectivity index is 2.60. The van der Waals surface area contributed by atoms with Gasteiger partial charge in [-0.3, -0.25) is 0 Å². The van der Waals surface area contributed by atoms with Crippen LogP contribution in [0.25, 0.3) is 0 Å². The van der Waals surface area contributed by atoms with Crippen molar-refractivity contribution in [1.29, 1.82) is 0 Å². The molecule has 1 fully saturated rings. The van der Waals surface area contributed by atoms with Gasteiger partial charge in [0, 0.05) is 27.2 Å². The molecule has 0 aromatic heterocycles. The van der Waals surface area contributed by atoms with Gasteiger partial charge < -0.3 is 10.2 Å². The van der Waals surface area contributed by atoms with Crippen molar-refractivity contribution in [2.45, 2.75) is 0 Å². The summed E-state index contributed by atoms with van der Waals surface area (Å²) >= 11 is 0. The lowest BCUT2D eigenvalue weighted by atomic mass is 10.6. The van der Waals surface area contributed by atoms with Crippen LogP contribution in [0.1, 0.15) is 0 Å². The Kier molecular flexibility index (Phi) is 1.98. The van der Waals surface area contributed by atoms with Gasteiger partial charge in [-0.1, -0.05) is 0 Å². The molecule has 11 heavy (non-hydrogen) atoms. The zero-order valence-electron chi connectivity index (χ0n) is 6.63. The van der Waals surface area contributed by atoms with E-state index >= 15 is 0 Å². The van der Waals surface area contributed by atoms with Crippen LogP contribution in [0.5, 0.6) is 0 Å². The van der Waals surface area contributed by atoms with Crippen LogP contribution in [0.3, 0.4) is 0 Å². The van der Waals surface area contributed by atoms with Gasteiger partial charge in [-0.05, 0) is 0 Å². The summed E-state index contributed by atoms with van der Waals surface area (Å²) in [5.74, 6) is 0. The van der Waals surface area contributed by atoms with E-state index in [1.807, 2.05) is 0 Å². The van der Waals surface area contributed by atoms with Crippen molar-refractivity contribution in [3.8, 4) is 0 Å². The molecule has 0 aliphatic carbocycles. The minimum atomic E-state index is -0.302. The summed E-state index contributed by atoms with van der Waals surface area (Å²) < 4.78 is 0. The summed E-state index contributed by atoms with van der Waals surface area (Å²) in [4.78, 5) is 24.6. The largest absolute Gasteiger partial charge is 0.336 e. The van der Waals surface area contributed by atoms with Crippen LogP contribution >= 0.6 is 0 Å². The molecular formula is C6H11N3O2. The molecule has 5 nitrogen and oxygen atoms in total. The first-order chi connectivity index (χ1) is 5.13. The van der Waals surface area contributed by atoms with Crippen molar-refractivity contribution in [1.82, 2.24) is 15.1 Å². The third kappa shape index (κ3) is 1.42. The van der Waals surface area contributed by atoms with E-state index in [1.165, 1.54) is 9.80 Å². The maximum absolute atomic E-state index is 11.1. The van der Waals surface area contributed by atoms with Crippen LogP contribution < -0.4 is 5.32 Å². The number of carbonyl (C=O) groups excluding carboxylic acids is 2. The molecule has 1 heterocycles. The van der Waals surface area contributed by atoms with Crippen molar-refractivity contribution in [2.75, 3.05) is 27.2 Å². The molecule has 0 spiro atoms. The predicted octanol–water partition coefficient (Wildman–Crippen LogP) is -0.307. The number of nitrogens with one attached hydrogen (secondary N) is 1. The Morgan fingerprint density at radius 3 is 2.64 bits per heavy atom. The van der Waals surface area contributed by atoms with E-state index in [0.717, 1.165) is 0 Å². The van der Waals surface area contributed by atoms with E-state index in [2.05, 4.69) is 5.32 Å². The van der Waals surface area contributed by atoms with E-state index in [0.29, 0.717) is 13.1 Å². The van der Waals surface area contributed by atoms with Gasteiger partial charge in [0.1, 0.15) is 0 Å². The lowest BCUT2D eigenvalue weighted by Crippen LogP contribution is -2.41. The van der Waals surface area contributed by atoms with E-state index in [-0.39, 0.29) is 12.1 Å². The van der Waals surface area contributed by atoms with Gasteiger partial charge in [0.2, 0.25) is 0 Å². The van der Waals surface area contributed by atoms with Crippen molar-refractivity contribution in [3.63, 3.8) is 0 Å². The number of urea groups is 2. The van der Waals surface area contributed by atoms with Crippen molar-refractivity contribution in [3.05, 3.63) is 0 Å². The highest BCUT2D eigenvalue weighted by Gasteiger charge is 2.26. The molecule has 1 aliphatic heterocycles. The van der Waals surface area contributed by atoms with Gasteiger partial charge in [0.15, 0.2) is 0 Å². The fourth-order valence-corrected chi connectivity index (χ4v) is 0.896. The molecule has 0 bridgehead atoms. The van der Waals surface area contributed by atoms with E-state index in [4.69, 9.17) is 0 Å². The summed E-state index contributed by atoms with van der Waals surface area (Å²) in [5, 5.41) is 2.54. The van der Waals surface area contributed by atoms with Crippen molar-refractivity contribution < 1.29 is 9.59 Å². The number of imide groups is 1. The Bertz CT molecular complexity index is 190. The SMILES string of the molecule is CN(C)C(=O)N1CCNC1=O. The minimum absolute atomic E-state index is 0.264. The first kappa shape index (κ1) is 7.84. The average Bonchev–Trinajstić information content (AvgIpc) is 2.33. The number of carbonyl (C=O) groups is 2. The zero-order valence-corrected chi connectivity index (χ0v) is 6.63. The molecule has 0 radical (unpaired) electrons. The quantitative estimate of drug-likeness (QED) is 0.524. The van der Waals surface area contributed by atoms with Gasteiger partial charge >= 0.3 is 12.1 Å². The van der Waals surface area contributed by atoms with E-state index in [9.17, 15) is 9.59 Å². The molecule has 1 saturated heterocycles. The molecule has 5 heteroatoms. The molecule has 0 saturated carbocycles. The number of rotatable bonds is 0. The molecule has 1 N–H and O–H groups in total. The van der Waals surface area contributed by atoms with E-state index < -0.39 is 0 Å². The lowest BCUT2D eigenvalue weighted by molar-refractivity contribution is 0.179. The molecule has 0 aromatic rings. The molecule has 0 unspecified atom stereocenters. The molecule has 0 atom stereocenters. The van der Waals surface area contributed by atoms with Crippen LogP contribution in [-0.2, 0) is 0 Å². The summed E-state index contributed by atoms with van der Waals surface area (Å²) in [6, 6.07) is -0.566. The summed E-state index contributed by atoms with van der Waals surface area (Å²) in [6.45, 7) is 1.02. The van der Waals surface area contributed by atoms with Crippen molar-refractivity contribution >= 4 is 12.1 Å². The second-order valence-electron chi connectivity index (χ2n) is 2.56. The second kappa shape index (κ2) is 2.77. The average molecular weight is 157 g/mol. The fourth-order valence-electron chi connectivity index (χ4n) is 0.896. The molecule has 1 aliphatic rings. The first-order valence-electron chi connectivity index (χ1n) is 3.39. The van der Waals surface area contributed by atoms with Gasteiger partial charge in [-0.15, -0.1) is 0 Å². The Morgan fingerprint density at radius 1 is 1.64 bits per heavy atom. The van der Waals surface area contributed by atoms with Gasteiger partial charge in [0.25, 0.3) is 0 Å². The van der Waals surface area contributed by atoms with Crippen LogP contribution in [0.4, 0.5) is 9.59 Å². The van der Waals surface area contributed by atoms with Crippen LogP contribution in [0.2, 0.25) is 0 Å². The fraction of sp³-hybridized carbons (Fsp3) is 0.667. The summed E-state index contributed by atoms with van der Waals surface area (Å²) in [6.07, 6.45) is 0. The highest BCUT2D eigenvalue weighted by Crippen LogP contribution is 1.99. The maximum Gasteiger partial charge on any atom is 0.327 e. The molecule has 1 rings (SSSR count). The number of amides is 4. The van der Waals surface area contributed by atoms with Gasteiger partial charge in [0.05, 0.1) is 0 Å². The number of nitrogens with zero attached hydrogens (tertiary/aromatic N) is 2. The smallest absolute Gasteiger partial charge is 0.327 e.